The topological polar surface area (TPSA) is 73.2 Å². The molecule has 27 heavy (non-hydrogen) atoms. The third kappa shape index (κ3) is 3.89. The van der Waals surface area contributed by atoms with Crippen molar-refractivity contribution in [2.24, 2.45) is 0 Å². The number of aryl methyl sites for hydroxylation is 1. The summed E-state index contributed by atoms with van der Waals surface area (Å²) in [5.41, 5.74) is 3.19. The quantitative estimate of drug-likeness (QED) is 0.540. The average Bonchev–Trinajstić information content (AvgIpc) is 3.00. The fourth-order valence-electron chi connectivity index (χ4n) is 2.95. The number of nitrogens with zero attached hydrogens (tertiary/aromatic N) is 2. The summed E-state index contributed by atoms with van der Waals surface area (Å²) in [6, 6.07) is 16.8. The van der Waals surface area contributed by atoms with Gasteiger partial charge >= 0.3 is 0 Å². The van der Waals surface area contributed by atoms with E-state index in [4.69, 9.17) is 4.74 Å². The van der Waals surface area contributed by atoms with Crippen LogP contribution in [0.15, 0.2) is 54.6 Å². The molecule has 0 aliphatic carbocycles. The molecule has 0 spiro atoms. The predicted molar refractivity (Wildman–Crippen MR) is 102 cm³/mol. The molecular formula is C21H21N3O3. The highest BCUT2D eigenvalue weighted by atomic mass is 16.5. The van der Waals surface area contributed by atoms with Gasteiger partial charge in [0.05, 0.1) is 29.7 Å². The SMILES string of the molecule is COc1cccc(CNC(=O)C(=O)c2c(C)nn(-c3ccccc3)c2C)c1. The molecule has 1 heterocycles. The lowest BCUT2D eigenvalue weighted by molar-refractivity contribution is -0.117. The predicted octanol–water partition coefficient (Wildman–Crippen LogP) is 3.00. The first-order valence-corrected chi connectivity index (χ1v) is 8.58. The van der Waals surface area contributed by atoms with E-state index < -0.39 is 11.7 Å². The molecule has 0 saturated heterocycles. The van der Waals surface area contributed by atoms with E-state index in [1.165, 1.54) is 0 Å². The van der Waals surface area contributed by atoms with E-state index in [1.54, 1.807) is 25.6 Å². The molecular weight excluding hydrogens is 342 g/mol. The summed E-state index contributed by atoms with van der Waals surface area (Å²) in [7, 11) is 1.58. The van der Waals surface area contributed by atoms with Crippen molar-refractivity contribution in [1.82, 2.24) is 15.1 Å². The van der Waals surface area contributed by atoms with Gasteiger partial charge in [-0.2, -0.15) is 5.10 Å². The number of methoxy groups -OCH3 is 1. The molecule has 0 aliphatic heterocycles. The van der Waals surface area contributed by atoms with Crippen molar-refractivity contribution in [2.45, 2.75) is 20.4 Å². The fourth-order valence-corrected chi connectivity index (χ4v) is 2.95. The van der Waals surface area contributed by atoms with E-state index >= 15 is 0 Å². The van der Waals surface area contributed by atoms with Crippen LogP contribution in [-0.4, -0.2) is 28.6 Å². The van der Waals surface area contributed by atoms with Crippen molar-refractivity contribution >= 4 is 11.7 Å². The van der Waals surface area contributed by atoms with E-state index in [1.807, 2.05) is 54.6 Å². The molecule has 0 atom stereocenters. The van der Waals surface area contributed by atoms with Crippen LogP contribution in [-0.2, 0) is 11.3 Å². The van der Waals surface area contributed by atoms with Crippen molar-refractivity contribution in [2.75, 3.05) is 7.11 Å². The Morgan fingerprint density at radius 3 is 2.52 bits per heavy atom. The number of aromatic nitrogens is 2. The van der Waals surface area contributed by atoms with Gasteiger partial charge in [0, 0.05) is 6.54 Å². The Kier molecular flexibility index (Phi) is 5.35. The number of rotatable bonds is 6. The van der Waals surface area contributed by atoms with Gasteiger partial charge in [-0.3, -0.25) is 9.59 Å². The highest BCUT2D eigenvalue weighted by molar-refractivity contribution is 6.43. The third-order valence-corrected chi connectivity index (χ3v) is 4.31. The Labute approximate surface area is 157 Å². The van der Waals surface area contributed by atoms with Crippen LogP contribution in [0.25, 0.3) is 5.69 Å². The summed E-state index contributed by atoms with van der Waals surface area (Å²) in [6.45, 7) is 3.76. The number of para-hydroxylation sites is 1. The fraction of sp³-hybridized carbons (Fsp3) is 0.190. The minimum absolute atomic E-state index is 0.243. The normalized spacial score (nSPS) is 10.5. The zero-order valence-corrected chi connectivity index (χ0v) is 15.5. The average molecular weight is 363 g/mol. The highest BCUT2D eigenvalue weighted by Crippen LogP contribution is 2.18. The van der Waals surface area contributed by atoms with Crippen molar-refractivity contribution in [1.29, 1.82) is 0 Å². The maximum Gasteiger partial charge on any atom is 0.292 e. The maximum absolute atomic E-state index is 12.7. The van der Waals surface area contributed by atoms with Crippen LogP contribution in [0.1, 0.15) is 27.3 Å². The minimum atomic E-state index is -0.656. The van der Waals surface area contributed by atoms with Crippen LogP contribution in [0.2, 0.25) is 0 Å². The lowest BCUT2D eigenvalue weighted by atomic mass is 10.1. The molecule has 0 bridgehead atoms. The zero-order valence-electron chi connectivity index (χ0n) is 15.5. The van der Waals surface area contributed by atoms with Gasteiger partial charge in [-0.05, 0) is 43.7 Å². The number of carbonyl (C=O) groups is 2. The molecule has 0 aliphatic rings. The number of hydrogen-bond donors (Lipinski definition) is 1. The molecule has 0 unspecified atom stereocenters. The van der Waals surface area contributed by atoms with Gasteiger partial charge in [0.15, 0.2) is 0 Å². The number of nitrogens with one attached hydrogen (secondary N) is 1. The van der Waals surface area contributed by atoms with E-state index in [9.17, 15) is 9.59 Å². The van der Waals surface area contributed by atoms with Gasteiger partial charge in [-0.15, -0.1) is 0 Å². The minimum Gasteiger partial charge on any atom is -0.497 e. The number of carbonyl (C=O) groups excluding carboxylic acids is 2. The highest BCUT2D eigenvalue weighted by Gasteiger charge is 2.24. The molecule has 3 rings (SSSR count). The number of ketones is 1. The Hall–Kier alpha value is -3.41. The molecule has 0 radical (unpaired) electrons. The summed E-state index contributed by atoms with van der Waals surface area (Å²) in [6.07, 6.45) is 0. The van der Waals surface area contributed by atoms with E-state index in [2.05, 4.69) is 10.4 Å². The summed E-state index contributed by atoms with van der Waals surface area (Å²) in [5, 5.41) is 7.10. The van der Waals surface area contributed by atoms with Crippen molar-refractivity contribution in [3.8, 4) is 11.4 Å². The number of ether oxygens (including phenoxy) is 1. The van der Waals surface area contributed by atoms with Gasteiger partial charge in [-0.25, -0.2) is 4.68 Å². The van der Waals surface area contributed by atoms with Gasteiger partial charge in [0.25, 0.3) is 11.7 Å². The van der Waals surface area contributed by atoms with E-state index in [0.29, 0.717) is 22.7 Å². The molecule has 1 amide bonds. The van der Waals surface area contributed by atoms with Crippen LogP contribution in [0.5, 0.6) is 5.75 Å². The Morgan fingerprint density at radius 2 is 1.81 bits per heavy atom. The molecule has 6 heteroatoms. The molecule has 138 valence electrons. The lowest BCUT2D eigenvalue weighted by Gasteiger charge is -2.07. The van der Waals surface area contributed by atoms with Crippen molar-refractivity contribution < 1.29 is 14.3 Å². The third-order valence-electron chi connectivity index (χ3n) is 4.31. The first-order chi connectivity index (χ1) is 13.0. The lowest BCUT2D eigenvalue weighted by Crippen LogP contribution is -2.31. The molecule has 1 N–H and O–H groups in total. The number of benzene rings is 2. The summed E-state index contributed by atoms with van der Waals surface area (Å²) >= 11 is 0. The second-order valence-corrected chi connectivity index (χ2v) is 6.16. The van der Waals surface area contributed by atoms with Crippen LogP contribution >= 0.6 is 0 Å². The van der Waals surface area contributed by atoms with Crippen LogP contribution in [0.3, 0.4) is 0 Å². The van der Waals surface area contributed by atoms with E-state index in [0.717, 1.165) is 11.3 Å². The largest absolute Gasteiger partial charge is 0.497 e. The zero-order chi connectivity index (χ0) is 19.4. The van der Waals surface area contributed by atoms with Gasteiger partial charge in [0.1, 0.15) is 5.75 Å². The first kappa shape index (κ1) is 18.4. The Morgan fingerprint density at radius 1 is 1.07 bits per heavy atom. The molecule has 6 nitrogen and oxygen atoms in total. The van der Waals surface area contributed by atoms with Crippen LogP contribution in [0.4, 0.5) is 0 Å². The monoisotopic (exact) mass is 363 g/mol. The second-order valence-electron chi connectivity index (χ2n) is 6.16. The molecule has 0 saturated carbocycles. The molecule has 2 aromatic carbocycles. The number of amides is 1. The smallest absolute Gasteiger partial charge is 0.292 e. The summed E-state index contributed by atoms with van der Waals surface area (Å²) < 4.78 is 6.84. The van der Waals surface area contributed by atoms with E-state index in [-0.39, 0.29) is 6.54 Å². The Balaban J connectivity index is 1.77. The second kappa shape index (κ2) is 7.86. The Bertz CT molecular complexity index is 978. The summed E-state index contributed by atoms with van der Waals surface area (Å²) in [5.74, 6) is -0.546. The van der Waals surface area contributed by atoms with Crippen LogP contribution in [0, 0.1) is 13.8 Å². The standard InChI is InChI=1S/C21H21N3O3/c1-14-19(15(2)24(23-14)17-9-5-4-6-10-17)20(25)21(26)22-13-16-8-7-11-18(12-16)27-3/h4-12H,13H2,1-3H3,(H,22,26). The first-order valence-electron chi connectivity index (χ1n) is 8.58. The summed E-state index contributed by atoms with van der Waals surface area (Å²) in [4.78, 5) is 25.1. The van der Waals surface area contributed by atoms with Crippen LogP contribution < -0.4 is 10.1 Å². The van der Waals surface area contributed by atoms with Gasteiger partial charge in [0.2, 0.25) is 0 Å². The van der Waals surface area contributed by atoms with Gasteiger partial charge in [-0.1, -0.05) is 30.3 Å². The van der Waals surface area contributed by atoms with Crippen molar-refractivity contribution in [3.05, 3.63) is 77.1 Å². The molecule has 0 fully saturated rings. The molecule has 1 aromatic heterocycles. The molecule has 3 aromatic rings. The number of Topliss-reactive ketones (excluding diaryl/α,β-unsaturated/α-hetero) is 1. The van der Waals surface area contributed by atoms with Gasteiger partial charge < -0.3 is 10.1 Å². The number of hydrogen-bond acceptors (Lipinski definition) is 4. The van der Waals surface area contributed by atoms with Crippen molar-refractivity contribution in [3.63, 3.8) is 0 Å². The maximum atomic E-state index is 12.7.